The quantitative estimate of drug-likeness (QED) is 0.215. The van der Waals surface area contributed by atoms with E-state index in [9.17, 15) is 10.2 Å². The molecule has 4 N–H and O–H groups in total. The average molecular weight is 267 g/mol. The van der Waals surface area contributed by atoms with Gasteiger partial charge >= 0.3 is 0 Å². The molecule has 6 heteroatoms. The van der Waals surface area contributed by atoms with E-state index in [-0.39, 0.29) is 11.5 Å². The predicted octanol–water partition coefficient (Wildman–Crippen LogP) is 1.70. The fourth-order valence-electron chi connectivity index (χ4n) is 1.23. The maximum atomic E-state index is 9.52. The lowest BCUT2D eigenvalue weighted by molar-refractivity contribution is 0.403. The topological polar surface area (TPSA) is 76.9 Å². The van der Waals surface area contributed by atoms with Crippen molar-refractivity contribution >= 4 is 23.5 Å². The summed E-state index contributed by atoms with van der Waals surface area (Å²) < 4.78 is 0. The summed E-state index contributed by atoms with van der Waals surface area (Å²) in [6.45, 7) is 2.90. The highest BCUT2D eigenvalue weighted by atomic mass is 32.1. The van der Waals surface area contributed by atoms with Gasteiger partial charge in [-0.2, -0.15) is 5.10 Å². The number of rotatable bonds is 5. The molecule has 0 spiro atoms. The maximum Gasteiger partial charge on any atom is 0.186 e. The van der Waals surface area contributed by atoms with Gasteiger partial charge in [0.05, 0.1) is 6.21 Å². The summed E-state index contributed by atoms with van der Waals surface area (Å²) >= 11 is 4.99. The average Bonchev–Trinajstić information content (AvgIpc) is 2.35. The number of phenols is 2. The molecule has 0 unspecified atom stereocenters. The fourth-order valence-corrected chi connectivity index (χ4v) is 1.39. The lowest BCUT2D eigenvalue weighted by atomic mass is 10.2. The molecule has 1 aromatic carbocycles. The van der Waals surface area contributed by atoms with Crippen molar-refractivity contribution in [3.63, 3.8) is 0 Å². The van der Waals surface area contributed by atoms with E-state index < -0.39 is 0 Å². The van der Waals surface area contributed by atoms with Crippen LogP contribution >= 0.6 is 12.2 Å². The van der Waals surface area contributed by atoms with Crippen LogP contribution in [0.1, 0.15) is 25.3 Å². The standard InChI is InChI=1S/C12H17N3O2S/c1-2-3-7-13-12(18)15-14-8-9-5-4-6-10(16)11(9)17/h4-6,8,16-17H,2-3,7H2,1H3,(H2,13,15,18)/b14-8+. The zero-order chi connectivity index (χ0) is 13.4. The molecule has 0 fully saturated rings. The van der Waals surface area contributed by atoms with Gasteiger partial charge in [0.15, 0.2) is 16.6 Å². The van der Waals surface area contributed by atoms with E-state index in [1.54, 1.807) is 12.1 Å². The molecular formula is C12H17N3O2S. The first-order chi connectivity index (χ1) is 8.65. The van der Waals surface area contributed by atoms with E-state index in [0.29, 0.717) is 10.7 Å². The molecule has 0 radical (unpaired) electrons. The number of hydrazone groups is 1. The van der Waals surface area contributed by atoms with Gasteiger partial charge in [0.1, 0.15) is 0 Å². The molecule has 0 bridgehead atoms. The summed E-state index contributed by atoms with van der Waals surface area (Å²) in [7, 11) is 0. The van der Waals surface area contributed by atoms with Crippen LogP contribution in [0.15, 0.2) is 23.3 Å². The Bertz CT molecular complexity index is 435. The van der Waals surface area contributed by atoms with Crippen LogP contribution in [-0.4, -0.2) is 28.1 Å². The van der Waals surface area contributed by atoms with E-state index in [0.717, 1.165) is 19.4 Å². The summed E-state index contributed by atoms with van der Waals surface area (Å²) in [4.78, 5) is 0. The first-order valence-electron chi connectivity index (χ1n) is 5.73. The highest BCUT2D eigenvalue weighted by Gasteiger charge is 2.02. The first-order valence-corrected chi connectivity index (χ1v) is 6.13. The molecule has 5 nitrogen and oxygen atoms in total. The van der Waals surface area contributed by atoms with E-state index >= 15 is 0 Å². The van der Waals surface area contributed by atoms with Gasteiger partial charge in [-0.15, -0.1) is 0 Å². The molecule has 0 heterocycles. The summed E-state index contributed by atoms with van der Waals surface area (Å²) in [5, 5.41) is 26.1. The number of aromatic hydroxyl groups is 2. The molecule has 0 aliphatic rings. The molecule has 0 saturated carbocycles. The van der Waals surface area contributed by atoms with Crippen LogP contribution in [0.4, 0.5) is 0 Å². The van der Waals surface area contributed by atoms with Crippen molar-refractivity contribution in [3.8, 4) is 11.5 Å². The van der Waals surface area contributed by atoms with Gasteiger partial charge in [0.2, 0.25) is 0 Å². The monoisotopic (exact) mass is 267 g/mol. The van der Waals surface area contributed by atoms with Crippen LogP contribution < -0.4 is 10.7 Å². The number of phenolic OH excluding ortho intramolecular Hbond substituents is 2. The normalized spacial score (nSPS) is 10.5. The van der Waals surface area contributed by atoms with Crippen molar-refractivity contribution in [2.24, 2.45) is 5.10 Å². The Hall–Kier alpha value is -1.82. The third-order valence-electron chi connectivity index (χ3n) is 2.23. The smallest absolute Gasteiger partial charge is 0.186 e. The molecule has 0 aliphatic heterocycles. The Balaban J connectivity index is 2.45. The van der Waals surface area contributed by atoms with Gasteiger partial charge in [-0.1, -0.05) is 19.4 Å². The Morgan fingerprint density at radius 1 is 1.44 bits per heavy atom. The number of hydrogen-bond donors (Lipinski definition) is 4. The van der Waals surface area contributed by atoms with Crippen LogP contribution in [0, 0.1) is 0 Å². The number of benzene rings is 1. The predicted molar refractivity (Wildman–Crippen MR) is 76.0 cm³/mol. The summed E-state index contributed by atoms with van der Waals surface area (Å²) in [6, 6.07) is 4.65. The minimum atomic E-state index is -0.201. The molecular weight excluding hydrogens is 250 g/mol. The number of hydrogen-bond acceptors (Lipinski definition) is 4. The van der Waals surface area contributed by atoms with E-state index in [4.69, 9.17) is 12.2 Å². The SMILES string of the molecule is CCCCNC(=S)N/N=C/c1cccc(O)c1O. The third-order valence-corrected chi connectivity index (χ3v) is 2.47. The number of nitrogens with one attached hydrogen (secondary N) is 2. The van der Waals surface area contributed by atoms with Crippen molar-refractivity contribution in [2.45, 2.75) is 19.8 Å². The zero-order valence-electron chi connectivity index (χ0n) is 10.2. The molecule has 0 aliphatic carbocycles. The maximum absolute atomic E-state index is 9.52. The van der Waals surface area contributed by atoms with E-state index in [1.807, 2.05) is 0 Å². The summed E-state index contributed by atoms with van der Waals surface area (Å²) in [5.74, 6) is -0.379. The minimum Gasteiger partial charge on any atom is -0.504 e. The van der Waals surface area contributed by atoms with E-state index in [2.05, 4.69) is 22.8 Å². The second-order valence-electron chi connectivity index (χ2n) is 3.69. The second kappa shape index (κ2) is 7.50. The van der Waals surface area contributed by atoms with Gasteiger partial charge in [-0.05, 0) is 30.8 Å². The lowest BCUT2D eigenvalue weighted by Gasteiger charge is -2.05. The van der Waals surface area contributed by atoms with Gasteiger partial charge in [0, 0.05) is 12.1 Å². The number of thiocarbonyl (C=S) groups is 1. The molecule has 98 valence electrons. The molecule has 1 aromatic rings. The van der Waals surface area contributed by atoms with Crippen LogP contribution in [-0.2, 0) is 0 Å². The highest BCUT2D eigenvalue weighted by Crippen LogP contribution is 2.26. The number of unbranched alkanes of at least 4 members (excludes halogenated alkanes) is 1. The molecule has 0 aromatic heterocycles. The molecule has 0 atom stereocenters. The molecule has 0 amide bonds. The van der Waals surface area contributed by atoms with Crippen LogP contribution in [0.25, 0.3) is 0 Å². The van der Waals surface area contributed by atoms with Crippen molar-refractivity contribution < 1.29 is 10.2 Å². The summed E-state index contributed by atoms with van der Waals surface area (Å²) in [6.07, 6.45) is 3.53. The van der Waals surface area contributed by atoms with Crippen molar-refractivity contribution in [1.82, 2.24) is 10.7 Å². The Morgan fingerprint density at radius 3 is 2.94 bits per heavy atom. The van der Waals surface area contributed by atoms with Gasteiger partial charge < -0.3 is 15.5 Å². The molecule has 0 saturated heterocycles. The van der Waals surface area contributed by atoms with Crippen molar-refractivity contribution in [2.75, 3.05) is 6.54 Å². The van der Waals surface area contributed by atoms with Crippen LogP contribution in [0.3, 0.4) is 0 Å². The number of nitrogens with zero attached hydrogens (tertiary/aromatic N) is 1. The van der Waals surface area contributed by atoms with E-state index in [1.165, 1.54) is 12.3 Å². The van der Waals surface area contributed by atoms with Crippen molar-refractivity contribution in [1.29, 1.82) is 0 Å². The first kappa shape index (κ1) is 14.2. The highest BCUT2D eigenvalue weighted by molar-refractivity contribution is 7.80. The third kappa shape index (κ3) is 4.58. The Kier molecular flexibility index (Phi) is 5.93. The largest absolute Gasteiger partial charge is 0.504 e. The minimum absolute atomic E-state index is 0.178. The fraction of sp³-hybridized carbons (Fsp3) is 0.333. The Labute approximate surface area is 112 Å². The molecule has 1 rings (SSSR count). The number of para-hydroxylation sites is 1. The van der Waals surface area contributed by atoms with Crippen LogP contribution in [0.2, 0.25) is 0 Å². The summed E-state index contributed by atoms with van der Waals surface area (Å²) in [5.41, 5.74) is 3.05. The lowest BCUT2D eigenvalue weighted by Crippen LogP contribution is -2.32. The van der Waals surface area contributed by atoms with Crippen LogP contribution in [0.5, 0.6) is 11.5 Å². The second-order valence-corrected chi connectivity index (χ2v) is 4.10. The van der Waals surface area contributed by atoms with Gasteiger partial charge in [-0.3, -0.25) is 5.43 Å². The van der Waals surface area contributed by atoms with Gasteiger partial charge in [0.25, 0.3) is 0 Å². The van der Waals surface area contributed by atoms with Crippen molar-refractivity contribution in [3.05, 3.63) is 23.8 Å². The zero-order valence-corrected chi connectivity index (χ0v) is 11.0. The molecule has 18 heavy (non-hydrogen) atoms. The Morgan fingerprint density at radius 2 is 2.22 bits per heavy atom. The van der Waals surface area contributed by atoms with Gasteiger partial charge in [-0.25, -0.2) is 0 Å².